The number of aliphatic hydroxyl groups excluding tert-OH is 1. The van der Waals surface area contributed by atoms with E-state index in [1.54, 1.807) is 13.0 Å². The maximum absolute atomic E-state index is 11.0. The fourth-order valence-corrected chi connectivity index (χ4v) is 1.52. The lowest BCUT2D eigenvalue weighted by molar-refractivity contribution is -0.142. The number of aliphatic hydroxyl groups is 1. The van der Waals surface area contributed by atoms with E-state index in [1.165, 1.54) is 6.08 Å². The van der Waals surface area contributed by atoms with Crippen LogP contribution in [-0.4, -0.2) is 36.5 Å². The second-order valence-electron chi connectivity index (χ2n) is 4.17. The summed E-state index contributed by atoms with van der Waals surface area (Å²) in [4.78, 5) is 11.0. The fourth-order valence-electron chi connectivity index (χ4n) is 1.52. The van der Waals surface area contributed by atoms with E-state index < -0.39 is 12.1 Å². The SMILES string of the molecule is [CH2]CCC(CCC)OCC(O)COC(=O)C=CC. The van der Waals surface area contributed by atoms with Gasteiger partial charge >= 0.3 is 5.97 Å². The fraction of sp³-hybridized carbons (Fsp3) is 0.714. The van der Waals surface area contributed by atoms with Crippen LogP contribution in [0.2, 0.25) is 0 Å². The van der Waals surface area contributed by atoms with Crippen LogP contribution in [0.4, 0.5) is 0 Å². The van der Waals surface area contributed by atoms with Gasteiger partial charge < -0.3 is 14.6 Å². The largest absolute Gasteiger partial charge is 0.460 e. The van der Waals surface area contributed by atoms with Crippen molar-refractivity contribution in [3.8, 4) is 0 Å². The number of carbonyl (C=O) groups is 1. The van der Waals surface area contributed by atoms with E-state index in [2.05, 4.69) is 13.8 Å². The number of ether oxygens (including phenoxy) is 2. The van der Waals surface area contributed by atoms with Crippen LogP contribution in [-0.2, 0) is 14.3 Å². The Kier molecular flexibility index (Phi) is 10.7. The Morgan fingerprint density at radius 2 is 2.11 bits per heavy atom. The molecular formula is C14H25O4. The highest BCUT2D eigenvalue weighted by atomic mass is 16.5. The minimum Gasteiger partial charge on any atom is -0.460 e. The summed E-state index contributed by atoms with van der Waals surface area (Å²) < 4.78 is 10.4. The van der Waals surface area contributed by atoms with Crippen LogP contribution in [0.3, 0.4) is 0 Å². The van der Waals surface area contributed by atoms with E-state index in [9.17, 15) is 9.90 Å². The predicted octanol–water partition coefficient (Wildman–Crippen LogP) is 2.27. The molecule has 0 aromatic rings. The van der Waals surface area contributed by atoms with Gasteiger partial charge in [-0.2, -0.15) is 0 Å². The molecular weight excluding hydrogens is 232 g/mol. The average molecular weight is 257 g/mol. The van der Waals surface area contributed by atoms with Gasteiger partial charge in [-0.25, -0.2) is 4.79 Å². The molecule has 0 aromatic carbocycles. The number of esters is 1. The summed E-state index contributed by atoms with van der Waals surface area (Å²) in [6.45, 7) is 7.77. The lowest BCUT2D eigenvalue weighted by atomic mass is 10.1. The van der Waals surface area contributed by atoms with Crippen molar-refractivity contribution in [2.24, 2.45) is 0 Å². The second kappa shape index (κ2) is 11.2. The van der Waals surface area contributed by atoms with Crippen LogP contribution in [0.25, 0.3) is 0 Å². The molecule has 0 aliphatic heterocycles. The number of allylic oxidation sites excluding steroid dienone is 1. The molecule has 4 nitrogen and oxygen atoms in total. The summed E-state index contributed by atoms with van der Waals surface area (Å²) in [5.41, 5.74) is 0. The summed E-state index contributed by atoms with van der Waals surface area (Å²) in [5, 5.41) is 9.61. The first-order valence-corrected chi connectivity index (χ1v) is 6.52. The van der Waals surface area contributed by atoms with E-state index in [4.69, 9.17) is 9.47 Å². The van der Waals surface area contributed by atoms with Crippen molar-refractivity contribution in [2.75, 3.05) is 13.2 Å². The van der Waals surface area contributed by atoms with E-state index >= 15 is 0 Å². The minimum absolute atomic E-state index is 0.0353. The zero-order valence-corrected chi connectivity index (χ0v) is 11.4. The molecule has 0 amide bonds. The van der Waals surface area contributed by atoms with Gasteiger partial charge in [0.25, 0.3) is 0 Å². The molecule has 2 unspecified atom stereocenters. The van der Waals surface area contributed by atoms with Gasteiger partial charge in [-0.3, -0.25) is 0 Å². The van der Waals surface area contributed by atoms with Crippen LogP contribution >= 0.6 is 0 Å². The summed E-state index contributed by atoms with van der Waals surface area (Å²) >= 11 is 0. The Labute approximate surface area is 110 Å². The summed E-state index contributed by atoms with van der Waals surface area (Å²) in [6, 6.07) is 0. The molecule has 1 N–H and O–H groups in total. The third-order valence-electron chi connectivity index (χ3n) is 2.38. The van der Waals surface area contributed by atoms with Gasteiger partial charge in [0.2, 0.25) is 0 Å². The molecule has 0 aliphatic rings. The maximum Gasteiger partial charge on any atom is 0.330 e. The van der Waals surface area contributed by atoms with E-state index in [1.807, 2.05) is 0 Å². The highest BCUT2D eigenvalue weighted by Crippen LogP contribution is 2.09. The molecule has 0 spiro atoms. The first-order valence-electron chi connectivity index (χ1n) is 6.52. The Balaban J connectivity index is 3.78. The Bertz CT molecular complexity index is 232. The van der Waals surface area contributed by atoms with Crippen molar-refractivity contribution >= 4 is 5.97 Å². The molecule has 4 heteroatoms. The van der Waals surface area contributed by atoms with Gasteiger partial charge in [-0.15, -0.1) is 0 Å². The molecule has 0 rings (SSSR count). The monoisotopic (exact) mass is 257 g/mol. The smallest absolute Gasteiger partial charge is 0.330 e. The number of hydrogen-bond acceptors (Lipinski definition) is 4. The minimum atomic E-state index is -0.775. The Morgan fingerprint density at radius 1 is 1.39 bits per heavy atom. The summed E-state index contributed by atoms with van der Waals surface area (Å²) in [6.07, 6.45) is 5.97. The zero-order valence-electron chi connectivity index (χ0n) is 11.4. The summed E-state index contributed by atoms with van der Waals surface area (Å²) in [7, 11) is 0. The molecule has 0 heterocycles. The molecule has 2 atom stereocenters. The van der Waals surface area contributed by atoms with Gasteiger partial charge in [0.15, 0.2) is 0 Å². The maximum atomic E-state index is 11.0. The van der Waals surface area contributed by atoms with Crippen LogP contribution in [0.1, 0.15) is 39.5 Å². The second-order valence-corrected chi connectivity index (χ2v) is 4.17. The normalized spacial score (nSPS) is 13.2. The first kappa shape index (κ1) is 17.1. The topological polar surface area (TPSA) is 55.8 Å². The third-order valence-corrected chi connectivity index (χ3v) is 2.38. The van der Waals surface area contributed by atoms with E-state index in [-0.39, 0.29) is 19.3 Å². The highest BCUT2D eigenvalue weighted by Gasteiger charge is 2.12. The van der Waals surface area contributed by atoms with Gasteiger partial charge in [-0.05, 0) is 19.8 Å². The number of rotatable bonds is 10. The lowest BCUT2D eigenvalue weighted by Gasteiger charge is -2.18. The van der Waals surface area contributed by atoms with Crippen LogP contribution in [0, 0.1) is 6.92 Å². The quantitative estimate of drug-likeness (QED) is 0.482. The summed E-state index contributed by atoms with van der Waals surface area (Å²) in [5.74, 6) is -0.445. The van der Waals surface area contributed by atoms with Crippen molar-refractivity contribution in [1.82, 2.24) is 0 Å². The molecule has 0 saturated heterocycles. The molecule has 1 radical (unpaired) electrons. The Morgan fingerprint density at radius 3 is 2.67 bits per heavy atom. The van der Waals surface area contributed by atoms with Gasteiger partial charge in [0.05, 0.1) is 12.7 Å². The molecule has 0 fully saturated rings. The van der Waals surface area contributed by atoms with Gasteiger partial charge in [0, 0.05) is 6.08 Å². The number of carbonyl (C=O) groups excluding carboxylic acids is 1. The van der Waals surface area contributed by atoms with Crippen LogP contribution < -0.4 is 0 Å². The molecule has 0 aliphatic carbocycles. The van der Waals surface area contributed by atoms with Crippen molar-refractivity contribution in [3.63, 3.8) is 0 Å². The molecule has 18 heavy (non-hydrogen) atoms. The van der Waals surface area contributed by atoms with Gasteiger partial charge in [-0.1, -0.05) is 32.8 Å². The predicted molar refractivity (Wildman–Crippen MR) is 71.0 cm³/mol. The number of hydrogen-bond donors (Lipinski definition) is 1. The van der Waals surface area contributed by atoms with Crippen molar-refractivity contribution in [2.45, 2.75) is 51.7 Å². The van der Waals surface area contributed by atoms with Crippen molar-refractivity contribution in [1.29, 1.82) is 0 Å². The zero-order chi connectivity index (χ0) is 13.8. The van der Waals surface area contributed by atoms with Crippen molar-refractivity contribution in [3.05, 3.63) is 19.1 Å². The van der Waals surface area contributed by atoms with Crippen molar-refractivity contribution < 1.29 is 19.4 Å². The first-order chi connectivity index (χ1) is 8.63. The molecule has 0 aromatic heterocycles. The molecule has 105 valence electrons. The van der Waals surface area contributed by atoms with Gasteiger partial charge in [0.1, 0.15) is 12.7 Å². The highest BCUT2D eigenvalue weighted by molar-refractivity contribution is 5.81. The van der Waals surface area contributed by atoms with E-state index in [0.717, 1.165) is 25.7 Å². The molecule has 0 bridgehead atoms. The average Bonchev–Trinajstić information content (AvgIpc) is 2.34. The lowest BCUT2D eigenvalue weighted by Crippen LogP contribution is -2.26. The van der Waals surface area contributed by atoms with Crippen LogP contribution in [0.5, 0.6) is 0 Å². The van der Waals surface area contributed by atoms with Crippen LogP contribution in [0.15, 0.2) is 12.2 Å². The molecule has 0 saturated carbocycles. The standard InChI is InChI=1S/C14H25O4/c1-4-7-13(8-5-2)17-10-12(15)11-18-14(16)9-6-3/h6,9,12-13,15H,1,4-5,7-8,10-11H2,2-3H3. The third kappa shape index (κ3) is 9.19. The Hall–Kier alpha value is -0.870. The van der Waals surface area contributed by atoms with E-state index in [0.29, 0.717) is 0 Å².